The summed E-state index contributed by atoms with van der Waals surface area (Å²) in [5.74, 6) is 0.499. The van der Waals surface area contributed by atoms with Gasteiger partial charge < -0.3 is 11.1 Å². The normalized spacial score (nSPS) is 25.3. The van der Waals surface area contributed by atoms with Crippen LogP contribution in [0.25, 0.3) is 0 Å². The van der Waals surface area contributed by atoms with Crippen LogP contribution >= 0.6 is 11.6 Å². The van der Waals surface area contributed by atoms with Crippen molar-refractivity contribution in [1.82, 2.24) is 5.32 Å². The second kappa shape index (κ2) is 6.00. The summed E-state index contributed by atoms with van der Waals surface area (Å²) in [4.78, 5) is 0. The average Bonchev–Trinajstić information content (AvgIpc) is 2.75. The van der Waals surface area contributed by atoms with Gasteiger partial charge in [0.2, 0.25) is 0 Å². The van der Waals surface area contributed by atoms with Gasteiger partial charge in [0, 0.05) is 29.2 Å². The molecule has 1 fully saturated rings. The molecule has 0 radical (unpaired) electrons. The molecule has 1 aromatic rings. The van der Waals surface area contributed by atoms with Gasteiger partial charge in [0.15, 0.2) is 0 Å². The van der Waals surface area contributed by atoms with Gasteiger partial charge in [-0.1, -0.05) is 18.5 Å². The second-order valence-corrected chi connectivity index (χ2v) is 5.67. The van der Waals surface area contributed by atoms with Gasteiger partial charge in [0.05, 0.1) is 0 Å². The summed E-state index contributed by atoms with van der Waals surface area (Å²) in [7, 11) is 0. The van der Waals surface area contributed by atoms with E-state index in [2.05, 4.69) is 12.2 Å². The molecule has 3 N–H and O–H groups in total. The molecule has 3 atom stereocenters. The van der Waals surface area contributed by atoms with Crippen LogP contribution in [0.1, 0.15) is 37.8 Å². The van der Waals surface area contributed by atoms with Crippen molar-refractivity contribution in [1.29, 1.82) is 0 Å². The second-order valence-electron chi connectivity index (χ2n) is 5.24. The van der Waals surface area contributed by atoms with Crippen LogP contribution in [0, 0.1) is 11.7 Å². The number of nitrogens with two attached hydrogens (primary N) is 1. The summed E-state index contributed by atoms with van der Waals surface area (Å²) < 4.78 is 13.8. The largest absolute Gasteiger partial charge is 0.329 e. The number of hydrogen-bond donors (Lipinski definition) is 2. The molecule has 100 valence electrons. The zero-order chi connectivity index (χ0) is 13.1. The average molecular weight is 271 g/mol. The molecule has 3 unspecified atom stereocenters. The Bertz CT molecular complexity index is 411. The van der Waals surface area contributed by atoms with Gasteiger partial charge in [0.1, 0.15) is 5.82 Å². The van der Waals surface area contributed by atoms with E-state index in [1.807, 2.05) is 0 Å². The number of halogens is 2. The third-order valence-corrected chi connectivity index (χ3v) is 3.94. The first-order chi connectivity index (χ1) is 8.60. The van der Waals surface area contributed by atoms with E-state index in [4.69, 9.17) is 17.3 Å². The Balaban J connectivity index is 2.10. The summed E-state index contributed by atoms with van der Waals surface area (Å²) in [6, 6.07) is 4.91. The molecule has 0 aromatic heterocycles. The van der Waals surface area contributed by atoms with E-state index in [1.165, 1.54) is 12.5 Å². The Morgan fingerprint density at radius 1 is 1.50 bits per heavy atom. The van der Waals surface area contributed by atoms with Crippen LogP contribution in [-0.2, 0) is 0 Å². The van der Waals surface area contributed by atoms with Gasteiger partial charge >= 0.3 is 0 Å². The summed E-state index contributed by atoms with van der Waals surface area (Å²) in [5, 5.41) is 4.00. The maximum absolute atomic E-state index is 13.8. The van der Waals surface area contributed by atoms with Crippen molar-refractivity contribution in [2.24, 2.45) is 11.7 Å². The molecule has 1 saturated carbocycles. The first-order valence-corrected chi connectivity index (χ1v) is 6.89. The third kappa shape index (κ3) is 3.22. The van der Waals surface area contributed by atoms with Crippen molar-refractivity contribution < 1.29 is 4.39 Å². The number of nitrogens with one attached hydrogen (secondary N) is 1. The maximum atomic E-state index is 13.8. The van der Waals surface area contributed by atoms with Gasteiger partial charge in [0.25, 0.3) is 0 Å². The van der Waals surface area contributed by atoms with E-state index in [1.54, 1.807) is 12.1 Å². The van der Waals surface area contributed by atoms with Gasteiger partial charge in [-0.3, -0.25) is 0 Å². The molecule has 0 heterocycles. The van der Waals surface area contributed by atoms with Crippen molar-refractivity contribution in [2.75, 3.05) is 6.54 Å². The van der Waals surface area contributed by atoms with E-state index >= 15 is 0 Å². The van der Waals surface area contributed by atoms with Crippen LogP contribution in [0.2, 0.25) is 5.02 Å². The standard InChI is InChI=1S/C14H20ClFN2/c1-9-2-4-11(6-9)18-14(8-17)12-7-10(15)3-5-13(12)16/h3,5,7,9,11,14,18H,2,4,6,8,17H2,1H3. The van der Waals surface area contributed by atoms with Crippen molar-refractivity contribution in [3.8, 4) is 0 Å². The predicted octanol–water partition coefficient (Wildman–Crippen LogP) is 3.26. The maximum Gasteiger partial charge on any atom is 0.128 e. The van der Waals surface area contributed by atoms with Crippen molar-refractivity contribution in [2.45, 2.75) is 38.3 Å². The molecule has 1 aliphatic rings. The highest BCUT2D eigenvalue weighted by Gasteiger charge is 2.25. The van der Waals surface area contributed by atoms with E-state index < -0.39 is 0 Å². The lowest BCUT2D eigenvalue weighted by Crippen LogP contribution is -2.35. The molecule has 2 rings (SSSR count). The molecule has 0 spiro atoms. The summed E-state index contributed by atoms with van der Waals surface area (Å²) >= 11 is 5.92. The number of rotatable bonds is 4. The lowest BCUT2D eigenvalue weighted by molar-refractivity contribution is 0.423. The molecule has 1 aliphatic carbocycles. The van der Waals surface area contributed by atoms with Crippen molar-refractivity contribution >= 4 is 11.6 Å². The van der Waals surface area contributed by atoms with Gasteiger partial charge in [-0.25, -0.2) is 4.39 Å². The Labute approximate surface area is 113 Å². The molecule has 1 aromatic carbocycles. The lowest BCUT2D eigenvalue weighted by atomic mass is 10.0. The molecule has 2 nitrogen and oxygen atoms in total. The third-order valence-electron chi connectivity index (χ3n) is 3.70. The minimum absolute atomic E-state index is 0.154. The smallest absolute Gasteiger partial charge is 0.128 e. The summed E-state index contributed by atoms with van der Waals surface area (Å²) in [5.41, 5.74) is 6.34. The fourth-order valence-electron chi connectivity index (χ4n) is 2.71. The first-order valence-electron chi connectivity index (χ1n) is 6.51. The monoisotopic (exact) mass is 270 g/mol. The molecule has 0 amide bonds. The summed E-state index contributed by atoms with van der Waals surface area (Å²) in [6.45, 7) is 2.63. The minimum atomic E-state index is -0.242. The van der Waals surface area contributed by atoms with Crippen LogP contribution in [0.5, 0.6) is 0 Å². The topological polar surface area (TPSA) is 38.0 Å². The van der Waals surface area contributed by atoms with Crippen LogP contribution in [0.15, 0.2) is 18.2 Å². The Kier molecular flexibility index (Phi) is 4.60. The SMILES string of the molecule is CC1CCC(NC(CN)c2cc(Cl)ccc2F)C1. The van der Waals surface area contributed by atoms with Crippen LogP contribution in [0.3, 0.4) is 0 Å². The van der Waals surface area contributed by atoms with Crippen molar-refractivity contribution in [3.63, 3.8) is 0 Å². The predicted molar refractivity (Wildman–Crippen MR) is 73.1 cm³/mol. The van der Waals surface area contributed by atoms with E-state index in [0.717, 1.165) is 18.8 Å². The van der Waals surface area contributed by atoms with Gasteiger partial charge in [-0.05, 0) is 43.4 Å². The summed E-state index contributed by atoms with van der Waals surface area (Å²) in [6.07, 6.45) is 3.51. The van der Waals surface area contributed by atoms with Crippen LogP contribution < -0.4 is 11.1 Å². The highest BCUT2D eigenvalue weighted by Crippen LogP contribution is 2.28. The minimum Gasteiger partial charge on any atom is -0.329 e. The first kappa shape index (κ1) is 13.8. The molecule has 0 bridgehead atoms. The molecule has 4 heteroatoms. The van der Waals surface area contributed by atoms with E-state index in [9.17, 15) is 4.39 Å². The number of hydrogen-bond acceptors (Lipinski definition) is 2. The van der Waals surface area contributed by atoms with Crippen LogP contribution in [-0.4, -0.2) is 12.6 Å². The lowest BCUT2D eigenvalue weighted by Gasteiger charge is -2.22. The van der Waals surface area contributed by atoms with E-state index in [-0.39, 0.29) is 11.9 Å². The Morgan fingerprint density at radius 3 is 2.89 bits per heavy atom. The highest BCUT2D eigenvalue weighted by molar-refractivity contribution is 6.30. The molecule has 18 heavy (non-hydrogen) atoms. The molecular weight excluding hydrogens is 251 g/mol. The molecule has 0 aliphatic heterocycles. The fourth-order valence-corrected chi connectivity index (χ4v) is 2.89. The van der Waals surface area contributed by atoms with E-state index in [0.29, 0.717) is 23.2 Å². The Morgan fingerprint density at radius 2 is 2.28 bits per heavy atom. The highest BCUT2D eigenvalue weighted by atomic mass is 35.5. The van der Waals surface area contributed by atoms with Crippen molar-refractivity contribution in [3.05, 3.63) is 34.6 Å². The van der Waals surface area contributed by atoms with Crippen LogP contribution in [0.4, 0.5) is 4.39 Å². The zero-order valence-corrected chi connectivity index (χ0v) is 11.4. The quantitative estimate of drug-likeness (QED) is 0.881. The number of benzene rings is 1. The Hall–Kier alpha value is -0.640. The fraction of sp³-hybridized carbons (Fsp3) is 0.571. The van der Waals surface area contributed by atoms with Gasteiger partial charge in [-0.15, -0.1) is 0 Å². The molecule has 0 saturated heterocycles. The zero-order valence-electron chi connectivity index (χ0n) is 10.6. The van der Waals surface area contributed by atoms with Gasteiger partial charge in [-0.2, -0.15) is 0 Å². The molecular formula is C14H20ClFN2.